The fourth-order valence-electron chi connectivity index (χ4n) is 6.50. The molecule has 0 unspecified atom stereocenters. The van der Waals surface area contributed by atoms with E-state index in [-0.39, 0.29) is 36.3 Å². The van der Waals surface area contributed by atoms with E-state index < -0.39 is 29.6 Å². The van der Waals surface area contributed by atoms with Gasteiger partial charge < -0.3 is 20.3 Å². The summed E-state index contributed by atoms with van der Waals surface area (Å²) in [6, 6.07) is -0.449. The third-order valence-electron chi connectivity index (χ3n) is 7.90. The van der Waals surface area contributed by atoms with E-state index in [2.05, 4.69) is 17.2 Å². The summed E-state index contributed by atoms with van der Waals surface area (Å²) in [6.45, 7) is 4.04. The maximum Gasteiger partial charge on any atom is 0.246 e. The molecule has 5 rings (SSSR count). The van der Waals surface area contributed by atoms with Crippen molar-refractivity contribution in [2.24, 2.45) is 11.8 Å². The van der Waals surface area contributed by atoms with Crippen LogP contribution in [0, 0.1) is 11.8 Å². The average Bonchev–Trinajstić information content (AvgIpc) is 3.52. The normalized spacial score (nSPS) is 37.3. The maximum absolute atomic E-state index is 13.5. The fourth-order valence-corrected chi connectivity index (χ4v) is 6.50. The van der Waals surface area contributed by atoms with Crippen molar-refractivity contribution in [3.63, 3.8) is 0 Å². The van der Waals surface area contributed by atoms with Gasteiger partial charge in [0.1, 0.15) is 11.6 Å². The second kappa shape index (κ2) is 8.08. The molecule has 2 aliphatic carbocycles. The highest BCUT2D eigenvalue weighted by molar-refractivity contribution is 6.00. The van der Waals surface area contributed by atoms with Crippen LogP contribution in [0.1, 0.15) is 57.8 Å². The molecule has 7 nitrogen and oxygen atoms in total. The number of ether oxygens (including phenoxy) is 1. The minimum Gasteiger partial charge on any atom is -0.359 e. The van der Waals surface area contributed by atoms with E-state index in [0.29, 0.717) is 0 Å². The molecular weight excluding hydrogens is 394 g/mol. The fraction of sp³-hybridized carbons (Fsp3) is 0.708. The Kier molecular flexibility index (Phi) is 5.40. The maximum atomic E-state index is 13.5. The van der Waals surface area contributed by atoms with Crippen molar-refractivity contribution < 1.29 is 19.1 Å². The van der Waals surface area contributed by atoms with Crippen molar-refractivity contribution in [2.75, 3.05) is 6.54 Å². The van der Waals surface area contributed by atoms with Gasteiger partial charge in [0, 0.05) is 18.6 Å². The summed E-state index contributed by atoms with van der Waals surface area (Å²) >= 11 is 0. The number of fused-ring (bicyclic) bond motifs is 1. The molecule has 0 aromatic rings. The van der Waals surface area contributed by atoms with Gasteiger partial charge in [-0.3, -0.25) is 14.4 Å². The Labute approximate surface area is 183 Å². The van der Waals surface area contributed by atoms with Gasteiger partial charge in [0.15, 0.2) is 0 Å². The molecule has 0 aromatic carbocycles. The van der Waals surface area contributed by atoms with Crippen molar-refractivity contribution in [1.29, 1.82) is 0 Å². The molecule has 5 aliphatic rings. The first kappa shape index (κ1) is 20.7. The third kappa shape index (κ3) is 3.32. The van der Waals surface area contributed by atoms with Crippen LogP contribution in [0.3, 0.4) is 0 Å². The van der Waals surface area contributed by atoms with E-state index in [1.54, 1.807) is 11.0 Å². The number of rotatable bonds is 6. The van der Waals surface area contributed by atoms with Gasteiger partial charge in [0.2, 0.25) is 17.7 Å². The summed E-state index contributed by atoms with van der Waals surface area (Å²) in [4.78, 5) is 41.8. The molecule has 31 heavy (non-hydrogen) atoms. The summed E-state index contributed by atoms with van der Waals surface area (Å²) in [5.41, 5.74) is -1.07. The van der Waals surface area contributed by atoms with Crippen molar-refractivity contribution in [3.8, 4) is 0 Å². The molecule has 2 saturated heterocycles. The highest BCUT2D eigenvalue weighted by Crippen LogP contribution is 2.55. The first-order valence-electron chi connectivity index (χ1n) is 11.9. The molecule has 168 valence electrons. The third-order valence-corrected chi connectivity index (χ3v) is 7.90. The zero-order valence-corrected chi connectivity index (χ0v) is 18.1. The van der Waals surface area contributed by atoms with Crippen molar-refractivity contribution in [1.82, 2.24) is 15.5 Å². The van der Waals surface area contributed by atoms with Crippen LogP contribution in [0.15, 0.2) is 24.8 Å². The second-order valence-electron chi connectivity index (χ2n) is 9.81. The van der Waals surface area contributed by atoms with Gasteiger partial charge in [-0.1, -0.05) is 50.3 Å². The molecule has 0 radical (unpaired) electrons. The number of nitrogens with one attached hydrogen (secondary N) is 2. The minimum atomic E-state index is -1.07. The lowest BCUT2D eigenvalue weighted by Crippen LogP contribution is -2.56. The van der Waals surface area contributed by atoms with E-state index in [9.17, 15) is 14.4 Å². The van der Waals surface area contributed by atoms with Gasteiger partial charge in [0.25, 0.3) is 0 Å². The van der Waals surface area contributed by atoms with Crippen LogP contribution in [-0.4, -0.2) is 59.0 Å². The summed E-state index contributed by atoms with van der Waals surface area (Å²) < 4.78 is 6.32. The number of carbonyl (C=O) groups is 3. The number of hydrogen-bond acceptors (Lipinski definition) is 4. The Morgan fingerprint density at radius 2 is 1.68 bits per heavy atom. The molecule has 4 fully saturated rings. The van der Waals surface area contributed by atoms with Gasteiger partial charge in [-0.05, 0) is 25.7 Å². The zero-order chi connectivity index (χ0) is 21.6. The van der Waals surface area contributed by atoms with Crippen molar-refractivity contribution in [2.45, 2.75) is 87.6 Å². The van der Waals surface area contributed by atoms with Crippen LogP contribution in [0.5, 0.6) is 0 Å². The predicted molar refractivity (Wildman–Crippen MR) is 115 cm³/mol. The molecule has 0 aromatic heterocycles. The molecule has 7 heteroatoms. The molecule has 2 saturated carbocycles. The molecule has 5 atom stereocenters. The van der Waals surface area contributed by atoms with Gasteiger partial charge >= 0.3 is 0 Å². The average molecular weight is 428 g/mol. The highest BCUT2D eigenvalue weighted by atomic mass is 16.5. The topological polar surface area (TPSA) is 87.7 Å². The molecule has 2 N–H and O–H groups in total. The Balaban J connectivity index is 1.41. The zero-order valence-electron chi connectivity index (χ0n) is 18.1. The summed E-state index contributed by atoms with van der Waals surface area (Å²) in [7, 11) is 0. The molecule has 1 spiro atoms. The quantitative estimate of drug-likeness (QED) is 0.633. The number of hydrogen-bond donors (Lipinski definition) is 2. The van der Waals surface area contributed by atoms with Gasteiger partial charge in [0.05, 0.1) is 17.9 Å². The number of carbonyl (C=O) groups excluding carboxylic acids is 3. The van der Waals surface area contributed by atoms with Crippen LogP contribution >= 0.6 is 0 Å². The van der Waals surface area contributed by atoms with Crippen LogP contribution in [0.2, 0.25) is 0 Å². The molecule has 2 bridgehead atoms. The van der Waals surface area contributed by atoms with Crippen LogP contribution < -0.4 is 10.6 Å². The second-order valence-corrected chi connectivity index (χ2v) is 9.81. The Bertz CT molecular complexity index is 799. The van der Waals surface area contributed by atoms with Crippen LogP contribution in [-0.2, 0) is 19.1 Å². The largest absolute Gasteiger partial charge is 0.359 e. The Morgan fingerprint density at radius 3 is 2.32 bits per heavy atom. The van der Waals surface area contributed by atoms with Crippen molar-refractivity contribution >= 4 is 17.7 Å². The van der Waals surface area contributed by atoms with Gasteiger partial charge in [-0.15, -0.1) is 6.58 Å². The Hall–Kier alpha value is -2.15. The van der Waals surface area contributed by atoms with E-state index >= 15 is 0 Å². The van der Waals surface area contributed by atoms with E-state index in [1.165, 1.54) is 6.42 Å². The first-order valence-corrected chi connectivity index (χ1v) is 11.9. The highest BCUT2D eigenvalue weighted by Gasteiger charge is 2.72. The Morgan fingerprint density at radius 1 is 1.06 bits per heavy atom. The standard InChI is InChI=1S/C24H33N3O4/c1-2-14-27-20(22(29)26-16-8-4-3-5-9-16)24-13-12-17(31-24)18(19(24)23(27)30)21(28)25-15-10-6-7-11-15/h2,12-13,15-20H,1,3-11,14H2,(H,25,28)(H,26,29)/t17-,18+,19+,20-,24+/m1/s1. The van der Waals surface area contributed by atoms with E-state index in [1.807, 2.05) is 12.2 Å². The number of nitrogens with zero attached hydrogens (tertiary/aromatic N) is 1. The van der Waals surface area contributed by atoms with Gasteiger partial charge in [-0.2, -0.15) is 0 Å². The monoisotopic (exact) mass is 427 g/mol. The van der Waals surface area contributed by atoms with Crippen molar-refractivity contribution in [3.05, 3.63) is 24.8 Å². The molecule has 3 heterocycles. The molecular formula is C24H33N3O4. The lowest BCUT2D eigenvalue weighted by molar-refractivity contribution is -0.141. The molecule has 3 amide bonds. The van der Waals surface area contributed by atoms with Crippen LogP contribution in [0.4, 0.5) is 0 Å². The summed E-state index contributed by atoms with van der Waals surface area (Å²) in [6.07, 6.45) is 14.5. The minimum absolute atomic E-state index is 0.117. The van der Waals surface area contributed by atoms with E-state index in [4.69, 9.17) is 4.74 Å². The number of likely N-dealkylation sites (tertiary alicyclic amines) is 1. The van der Waals surface area contributed by atoms with E-state index in [0.717, 1.165) is 51.4 Å². The number of amides is 3. The summed E-state index contributed by atoms with van der Waals surface area (Å²) in [5, 5.41) is 6.33. The predicted octanol–water partition coefficient (Wildman–Crippen LogP) is 1.83. The van der Waals surface area contributed by atoms with Crippen LogP contribution in [0.25, 0.3) is 0 Å². The molecule has 3 aliphatic heterocycles. The summed E-state index contributed by atoms with van der Waals surface area (Å²) in [5.74, 6) is -1.72. The first-order chi connectivity index (χ1) is 15.0. The SMILES string of the molecule is C=CCN1C(=O)[C@@H]2[C@@H](C(=O)NC3CCCC3)[C@H]3C=C[C@@]2(O3)[C@H]1C(=O)NC1CCCCC1. The van der Waals surface area contributed by atoms with Gasteiger partial charge in [-0.25, -0.2) is 0 Å². The smallest absolute Gasteiger partial charge is 0.246 e. The lowest BCUT2D eigenvalue weighted by atomic mass is 9.74. The lowest BCUT2D eigenvalue weighted by Gasteiger charge is -2.33.